The Morgan fingerprint density at radius 3 is 2.19 bits per heavy atom. The lowest BCUT2D eigenvalue weighted by Gasteiger charge is -2.39. The van der Waals surface area contributed by atoms with Gasteiger partial charge in [-0.3, -0.25) is 0 Å². The number of nitrogens with one attached hydrogen (secondary N) is 1. The van der Waals surface area contributed by atoms with E-state index in [1.807, 2.05) is 6.07 Å². The quantitative estimate of drug-likeness (QED) is 0.384. The first-order chi connectivity index (χ1) is 15.7. The van der Waals surface area contributed by atoms with Crippen LogP contribution in [0, 0.1) is 11.7 Å². The Kier molecular flexibility index (Phi) is 8.67. The fraction of sp³-hybridized carbons (Fsp3) is 0.769. The third-order valence-electron chi connectivity index (χ3n) is 7.44. The molecule has 5 nitrogen and oxygen atoms in total. The molecule has 2 unspecified atom stereocenters. The van der Waals surface area contributed by atoms with E-state index in [4.69, 9.17) is 9.47 Å². The van der Waals surface area contributed by atoms with E-state index in [0.29, 0.717) is 18.0 Å². The predicted octanol–water partition coefficient (Wildman–Crippen LogP) is 4.94. The Labute approximate surface area is 193 Å². The Morgan fingerprint density at radius 2 is 1.59 bits per heavy atom. The highest BCUT2D eigenvalue weighted by Crippen LogP contribution is 2.37. The summed E-state index contributed by atoms with van der Waals surface area (Å²) < 4.78 is 27.1. The van der Waals surface area contributed by atoms with E-state index in [1.54, 1.807) is 6.07 Å². The van der Waals surface area contributed by atoms with Crippen LogP contribution in [0.5, 0.6) is 0 Å². The third kappa shape index (κ3) is 5.57. The molecule has 1 aromatic carbocycles. The highest BCUT2D eigenvalue weighted by Gasteiger charge is 2.38. The van der Waals surface area contributed by atoms with E-state index in [2.05, 4.69) is 35.0 Å². The molecule has 2 bridgehead atoms. The van der Waals surface area contributed by atoms with Crippen LogP contribution in [0.1, 0.15) is 65.2 Å². The molecule has 1 aromatic rings. The van der Waals surface area contributed by atoms with Crippen molar-refractivity contribution in [2.75, 3.05) is 49.2 Å². The summed E-state index contributed by atoms with van der Waals surface area (Å²) in [6.07, 6.45) is 8.77. The Morgan fingerprint density at radius 1 is 0.969 bits per heavy atom. The van der Waals surface area contributed by atoms with Gasteiger partial charge in [-0.25, -0.2) is 4.39 Å². The minimum Gasteiger partial charge on any atom is -0.371 e. The smallest absolute Gasteiger partial charge is 0.160 e. The molecule has 0 amide bonds. The van der Waals surface area contributed by atoms with Crippen LogP contribution in [0.2, 0.25) is 0 Å². The van der Waals surface area contributed by atoms with Crippen molar-refractivity contribution in [2.24, 2.45) is 5.92 Å². The Bertz CT molecular complexity index is 684. The topological polar surface area (TPSA) is 37.0 Å². The highest BCUT2D eigenvalue weighted by molar-refractivity contribution is 5.62. The number of rotatable bonds is 11. The van der Waals surface area contributed by atoms with Gasteiger partial charge in [-0.05, 0) is 56.7 Å². The number of nitrogens with zero attached hydrogens (tertiary/aromatic N) is 2. The van der Waals surface area contributed by atoms with Crippen molar-refractivity contribution >= 4 is 11.4 Å². The van der Waals surface area contributed by atoms with Gasteiger partial charge in [0.25, 0.3) is 0 Å². The van der Waals surface area contributed by atoms with Gasteiger partial charge in [0.05, 0.1) is 5.69 Å². The van der Waals surface area contributed by atoms with Gasteiger partial charge in [0.1, 0.15) is 5.82 Å². The standard InChI is InChI=1S/C26H42FN3O2/c1-3-5-15-31-26(32-16-6-4-2)20-11-13-29(14-12-20)21-9-10-24(27)25(17-21)30-22-7-8-23(30)19-28-18-22/h9-10,17,20,22-23,26,28H,3-8,11-16,18-19H2,1-2H3. The van der Waals surface area contributed by atoms with Gasteiger partial charge in [0, 0.05) is 63.1 Å². The van der Waals surface area contributed by atoms with Crippen LogP contribution in [0.3, 0.4) is 0 Å². The van der Waals surface area contributed by atoms with E-state index in [1.165, 1.54) is 0 Å². The van der Waals surface area contributed by atoms with Crippen molar-refractivity contribution in [1.82, 2.24) is 5.32 Å². The summed E-state index contributed by atoms with van der Waals surface area (Å²) in [5.41, 5.74) is 1.94. The number of unbranched alkanes of at least 4 members (excludes halogenated alkanes) is 2. The number of halogens is 1. The molecule has 2 atom stereocenters. The van der Waals surface area contributed by atoms with E-state index in [9.17, 15) is 4.39 Å². The molecule has 1 N–H and O–H groups in total. The second kappa shape index (κ2) is 11.7. The maximum absolute atomic E-state index is 14.8. The Hall–Kier alpha value is -1.37. The van der Waals surface area contributed by atoms with Gasteiger partial charge in [-0.15, -0.1) is 0 Å². The summed E-state index contributed by atoms with van der Waals surface area (Å²) in [6, 6.07) is 6.56. The van der Waals surface area contributed by atoms with Gasteiger partial charge in [-0.2, -0.15) is 0 Å². The zero-order valence-corrected chi connectivity index (χ0v) is 20.0. The molecule has 0 radical (unpaired) electrons. The maximum atomic E-state index is 14.8. The lowest BCUT2D eigenvalue weighted by atomic mass is 9.95. The van der Waals surface area contributed by atoms with E-state index in [0.717, 1.165) is 102 Å². The minimum absolute atomic E-state index is 0.0869. The number of fused-ring (bicyclic) bond motifs is 2. The first-order valence-electron chi connectivity index (χ1n) is 13.0. The first kappa shape index (κ1) is 23.8. The molecule has 0 aliphatic carbocycles. The molecule has 0 aromatic heterocycles. The van der Waals surface area contributed by atoms with Crippen molar-refractivity contribution in [1.29, 1.82) is 0 Å². The fourth-order valence-corrected chi connectivity index (χ4v) is 5.51. The molecule has 180 valence electrons. The van der Waals surface area contributed by atoms with Crippen LogP contribution in [0.4, 0.5) is 15.8 Å². The molecule has 0 spiro atoms. The zero-order valence-electron chi connectivity index (χ0n) is 20.0. The SMILES string of the molecule is CCCCOC(OCCCC)C1CCN(c2ccc(F)c(N3C4CCC3CNC4)c2)CC1. The highest BCUT2D eigenvalue weighted by atomic mass is 19.1. The van der Waals surface area contributed by atoms with Crippen molar-refractivity contribution in [3.05, 3.63) is 24.0 Å². The van der Waals surface area contributed by atoms with Crippen molar-refractivity contribution in [3.63, 3.8) is 0 Å². The van der Waals surface area contributed by atoms with E-state index < -0.39 is 0 Å². The number of anilines is 2. The molecule has 3 aliphatic heterocycles. The summed E-state index contributed by atoms with van der Waals surface area (Å²) in [6.45, 7) is 9.80. The summed E-state index contributed by atoms with van der Waals surface area (Å²) >= 11 is 0. The van der Waals surface area contributed by atoms with Gasteiger partial charge < -0.3 is 24.6 Å². The van der Waals surface area contributed by atoms with Crippen molar-refractivity contribution in [3.8, 4) is 0 Å². The molecule has 32 heavy (non-hydrogen) atoms. The number of hydrogen-bond acceptors (Lipinski definition) is 5. The lowest BCUT2D eigenvalue weighted by molar-refractivity contribution is -0.177. The molecular formula is C26H42FN3O2. The third-order valence-corrected chi connectivity index (χ3v) is 7.44. The monoisotopic (exact) mass is 447 g/mol. The van der Waals surface area contributed by atoms with Gasteiger partial charge >= 0.3 is 0 Å². The maximum Gasteiger partial charge on any atom is 0.160 e. The fourth-order valence-electron chi connectivity index (χ4n) is 5.51. The van der Waals surface area contributed by atoms with Crippen LogP contribution < -0.4 is 15.1 Å². The van der Waals surface area contributed by atoms with Gasteiger partial charge in [-0.1, -0.05) is 26.7 Å². The Balaban J connectivity index is 1.38. The van der Waals surface area contributed by atoms with Crippen molar-refractivity contribution < 1.29 is 13.9 Å². The second-order valence-corrected chi connectivity index (χ2v) is 9.73. The number of piperidine rings is 1. The molecule has 3 heterocycles. The number of benzene rings is 1. The predicted molar refractivity (Wildman–Crippen MR) is 129 cm³/mol. The van der Waals surface area contributed by atoms with E-state index >= 15 is 0 Å². The molecule has 3 aliphatic rings. The summed E-state index contributed by atoms with van der Waals surface area (Å²) in [7, 11) is 0. The van der Waals surface area contributed by atoms with Gasteiger partial charge in [0.15, 0.2) is 6.29 Å². The van der Waals surface area contributed by atoms with Crippen LogP contribution in [-0.4, -0.2) is 57.8 Å². The number of hydrogen-bond donors (Lipinski definition) is 1. The van der Waals surface area contributed by atoms with Crippen LogP contribution >= 0.6 is 0 Å². The average molecular weight is 448 g/mol. The molecular weight excluding hydrogens is 405 g/mol. The van der Waals surface area contributed by atoms with E-state index in [-0.39, 0.29) is 12.1 Å². The zero-order chi connectivity index (χ0) is 22.3. The first-order valence-corrected chi connectivity index (χ1v) is 13.0. The van der Waals surface area contributed by atoms with Crippen molar-refractivity contribution in [2.45, 2.75) is 83.6 Å². The molecule has 4 rings (SSSR count). The summed E-state index contributed by atoms with van der Waals surface area (Å²) in [4.78, 5) is 4.76. The lowest BCUT2D eigenvalue weighted by Crippen LogP contribution is -2.52. The molecule has 0 saturated carbocycles. The van der Waals surface area contributed by atoms with Crippen LogP contribution in [0.25, 0.3) is 0 Å². The van der Waals surface area contributed by atoms with Crippen LogP contribution in [0.15, 0.2) is 18.2 Å². The largest absolute Gasteiger partial charge is 0.371 e. The average Bonchev–Trinajstić information content (AvgIpc) is 3.06. The molecule has 3 saturated heterocycles. The minimum atomic E-state index is -0.0875. The number of ether oxygens (including phenoxy) is 2. The normalized spacial score (nSPS) is 24.0. The summed E-state index contributed by atoms with van der Waals surface area (Å²) in [5.74, 6) is 0.347. The summed E-state index contributed by atoms with van der Waals surface area (Å²) in [5, 5.41) is 3.50. The molecule has 6 heteroatoms. The van der Waals surface area contributed by atoms with Gasteiger partial charge in [0.2, 0.25) is 0 Å². The number of piperazine rings is 1. The second-order valence-electron chi connectivity index (χ2n) is 9.73. The van der Waals surface area contributed by atoms with Crippen LogP contribution in [-0.2, 0) is 9.47 Å². The molecule has 3 fully saturated rings.